The van der Waals surface area contributed by atoms with Gasteiger partial charge in [-0.15, -0.1) is 28.1 Å². The number of urea groups is 1. The zero-order valence-corrected chi connectivity index (χ0v) is 18.5. The standard InChI is InChI=1S/C22H20N4O3S2/c1-14-10-20-23-17(12-21(27)26(20)29-14)13-31-18-8-6-15(7-9-18)24-22(28)25-16-4-3-5-19(11-16)30-2/h3-12H,13H2,1-2H3,(H2,24,25,28). The van der Waals surface area contributed by atoms with Gasteiger partial charge in [-0.1, -0.05) is 6.07 Å². The topological polar surface area (TPSA) is 88.6 Å². The summed E-state index contributed by atoms with van der Waals surface area (Å²) in [4.78, 5) is 30.9. The van der Waals surface area contributed by atoms with E-state index in [0.717, 1.165) is 15.5 Å². The fourth-order valence-corrected chi connectivity index (χ4v) is 4.18. The van der Waals surface area contributed by atoms with Gasteiger partial charge in [0.05, 0.1) is 5.69 Å². The van der Waals surface area contributed by atoms with Crippen molar-refractivity contribution in [3.8, 4) is 0 Å². The predicted octanol–water partition coefficient (Wildman–Crippen LogP) is 5.25. The number of aromatic nitrogens is 2. The second-order valence-electron chi connectivity index (χ2n) is 6.71. The van der Waals surface area contributed by atoms with Crippen molar-refractivity contribution in [2.45, 2.75) is 22.5 Å². The van der Waals surface area contributed by atoms with Crippen molar-refractivity contribution in [3.63, 3.8) is 0 Å². The third kappa shape index (κ3) is 5.31. The van der Waals surface area contributed by atoms with Crippen molar-refractivity contribution >= 4 is 46.6 Å². The summed E-state index contributed by atoms with van der Waals surface area (Å²) in [5.41, 5.74) is 2.39. The summed E-state index contributed by atoms with van der Waals surface area (Å²) >= 11 is 3.18. The van der Waals surface area contributed by atoms with E-state index >= 15 is 0 Å². The van der Waals surface area contributed by atoms with Crippen molar-refractivity contribution in [1.82, 2.24) is 9.56 Å². The molecule has 0 radical (unpaired) electrons. The lowest BCUT2D eigenvalue weighted by Crippen LogP contribution is -2.19. The van der Waals surface area contributed by atoms with Gasteiger partial charge in [-0.25, -0.2) is 9.78 Å². The molecule has 0 saturated heterocycles. The minimum Gasteiger partial charge on any atom is -0.375 e. The lowest BCUT2D eigenvalue weighted by Gasteiger charge is -2.09. The highest BCUT2D eigenvalue weighted by Gasteiger charge is 2.08. The second kappa shape index (κ2) is 9.32. The molecule has 2 aromatic heterocycles. The Morgan fingerprint density at radius 3 is 2.58 bits per heavy atom. The van der Waals surface area contributed by atoms with Crippen LogP contribution in [0.1, 0.15) is 11.5 Å². The number of anilines is 2. The molecule has 0 aliphatic rings. The van der Waals surface area contributed by atoms with Crippen LogP contribution in [0.2, 0.25) is 0 Å². The van der Waals surface area contributed by atoms with Crippen LogP contribution in [-0.4, -0.2) is 21.8 Å². The zero-order valence-electron chi connectivity index (χ0n) is 16.9. The molecule has 2 N–H and O–H groups in total. The molecule has 0 fully saturated rings. The highest BCUT2D eigenvalue weighted by atomic mass is 32.2. The third-order valence-electron chi connectivity index (χ3n) is 4.35. The van der Waals surface area contributed by atoms with Crippen LogP contribution < -0.4 is 16.2 Å². The number of aryl methyl sites for hydroxylation is 1. The van der Waals surface area contributed by atoms with Crippen LogP contribution >= 0.6 is 23.5 Å². The largest absolute Gasteiger partial charge is 0.375 e. The molecule has 2 heterocycles. The number of amides is 2. The average molecular weight is 453 g/mol. The first kappa shape index (κ1) is 21.1. The highest BCUT2D eigenvalue weighted by molar-refractivity contribution is 7.98. The van der Waals surface area contributed by atoms with Gasteiger partial charge in [-0.3, -0.25) is 4.79 Å². The van der Waals surface area contributed by atoms with Crippen LogP contribution in [0.3, 0.4) is 0 Å². The normalized spacial score (nSPS) is 10.9. The molecule has 0 aliphatic heterocycles. The van der Waals surface area contributed by atoms with Gasteiger partial charge in [-0.05, 0) is 55.6 Å². The second-order valence-corrected chi connectivity index (χ2v) is 8.64. The number of benzene rings is 2. The van der Waals surface area contributed by atoms with E-state index in [0.29, 0.717) is 28.5 Å². The van der Waals surface area contributed by atoms with Gasteiger partial charge in [-0.2, -0.15) is 0 Å². The van der Waals surface area contributed by atoms with Crippen molar-refractivity contribution in [1.29, 1.82) is 0 Å². The first-order valence-corrected chi connectivity index (χ1v) is 11.7. The molecule has 4 rings (SSSR count). The van der Waals surface area contributed by atoms with E-state index in [1.165, 1.54) is 10.6 Å². The maximum absolute atomic E-state index is 12.2. The van der Waals surface area contributed by atoms with E-state index in [1.54, 1.807) is 36.5 Å². The lowest BCUT2D eigenvalue weighted by molar-refractivity contribution is 0.262. The van der Waals surface area contributed by atoms with Crippen LogP contribution in [0.25, 0.3) is 5.65 Å². The quantitative estimate of drug-likeness (QED) is 0.388. The molecule has 0 saturated carbocycles. The maximum Gasteiger partial charge on any atom is 0.323 e. The van der Waals surface area contributed by atoms with Gasteiger partial charge >= 0.3 is 6.03 Å². The molecule has 9 heteroatoms. The van der Waals surface area contributed by atoms with Gasteiger partial charge in [0.2, 0.25) is 0 Å². The number of carbonyl (C=O) groups is 1. The lowest BCUT2D eigenvalue weighted by atomic mass is 10.3. The number of fused-ring (bicyclic) bond motifs is 1. The van der Waals surface area contributed by atoms with Crippen molar-refractivity contribution in [3.05, 3.63) is 82.5 Å². The van der Waals surface area contributed by atoms with Gasteiger partial charge in [0.15, 0.2) is 5.65 Å². The minimum atomic E-state index is -0.299. The van der Waals surface area contributed by atoms with E-state index in [4.69, 9.17) is 4.52 Å². The van der Waals surface area contributed by atoms with Gasteiger partial charge in [0.1, 0.15) is 5.76 Å². The predicted molar refractivity (Wildman–Crippen MR) is 125 cm³/mol. The molecule has 0 aliphatic carbocycles. The van der Waals surface area contributed by atoms with E-state index < -0.39 is 0 Å². The van der Waals surface area contributed by atoms with Crippen molar-refractivity contribution in [2.24, 2.45) is 0 Å². The summed E-state index contributed by atoms with van der Waals surface area (Å²) in [6.07, 6.45) is 1.99. The van der Waals surface area contributed by atoms with Crippen molar-refractivity contribution in [2.75, 3.05) is 16.9 Å². The third-order valence-corrected chi connectivity index (χ3v) is 6.12. The smallest absolute Gasteiger partial charge is 0.323 e. The van der Waals surface area contributed by atoms with Crippen LogP contribution in [0.15, 0.2) is 79.8 Å². The molecule has 158 valence electrons. The molecule has 2 aromatic carbocycles. The number of rotatable bonds is 6. The van der Waals surface area contributed by atoms with Crippen LogP contribution in [-0.2, 0) is 5.75 Å². The first-order valence-electron chi connectivity index (χ1n) is 9.45. The van der Waals surface area contributed by atoms with Crippen molar-refractivity contribution < 1.29 is 9.32 Å². The van der Waals surface area contributed by atoms with Gasteiger partial charge in [0.25, 0.3) is 5.56 Å². The van der Waals surface area contributed by atoms with E-state index in [2.05, 4.69) is 15.6 Å². The molecular weight excluding hydrogens is 432 g/mol. The monoisotopic (exact) mass is 452 g/mol. The molecule has 7 nitrogen and oxygen atoms in total. The molecule has 0 bridgehead atoms. The Balaban J connectivity index is 1.35. The van der Waals surface area contributed by atoms with E-state index in [-0.39, 0.29) is 11.6 Å². The molecule has 4 aromatic rings. The summed E-state index contributed by atoms with van der Waals surface area (Å²) in [5.74, 6) is 1.19. The molecule has 0 spiro atoms. The Kier molecular flexibility index (Phi) is 6.34. The maximum atomic E-state index is 12.2. The summed E-state index contributed by atoms with van der Waals surface area (Å²) < 4.78 is 6.49. The molecule has 2 amide bonds. The van der Waals surface area contributed by atoms with Crippen LogP contribution in [0.4, 0.5) is 16.2 Å². The number of nitrogens with zero attached hydrogens (tertiary/aromatic N) is 2. The Hall–Kier alpha value is -3.17. The summed E-state index contributed by atoms with van der Waals surface area (Å²) in [5, 5.41) is 5.66. The number of hydrogen-bond donors (Lipinski definition) is 2. The fourth-order valence-electron chi connectivity index (χ4n) is 2.93. The average Bonchev–Trinajstić information content (AvgIpc) is 3.14. The highest BCUT2D eigenvalue weighted by Crippen LogP contribution is 2.24. The van der Waals surface area contributed by atoms with Gasteiger partial charge < -0.3 is 15.2 Å². The molecule has 0 atom stereocenters. The number of thioether (sulfide) groups is 2. The fraction of sp³-hybridized carbons (Fsp3) is 0.136. The zero-order chi connectivity index (χ0) is 21.8. The van der Waals surface area contributed by atoms with E-state index in [9.17, 15) is 9.59 Å². The number of carbonyl (C=O) groups excluding carboxylic acids is 1. The molecular formula is C22H20N4O3S2. The first-order chi connectivity index (χ1) is 15.0. The van der Waals surface area contributed by atoms with E-state index in [1.807, 2.05) is 54.8 Å². The van der Waals surface area contributed by atoms with Crippen LogP contribution in [0.5, 0.6) is 0 Å². The SMILES string of the molecule is CSc1cccc(NC(=O)Nc2ccc(SCc3cc(=O)n4oc(C)cc4n3)cc2)c1. The summed E-state index contributed by atoms with van der Waals surface area (Å²) in [6, 6.07) is 18.1. The number of hydrogen-bond acceptors (Lipinski definition) is 6. The van der Waals surface area contributed by atoms with Crippen LogP contribution in [0, 0.1) is 6.92 Å². The summed E-state index contributed by atoms with van der Waals surface area (Å²) in [6.45, 7) is 1.78. The molecule has 0 unspecified atom stereocenters. The van der Waals surface area contributed by atoms with Gasteiger partial charge in [0, 0.05) is 39.1 Å². The Labute approximate surface area is 187 Å². The minimum absolute atomic E-state index is 0.234. The Bertz CT molecular complexity index is 1280. The Morgan fingerprint density at radius 2 is 1.81 bits per heavy atom. The molecule has 31 heavy (non-hydrogen) atoms. The summed E-state index contributed by atoms with van der Waals surface area (Å²) in [7, 11) is 0. The Morgan fingerprint density at radius 1 is 1.03 bits per heavy atom. The number of nitrogens with one attached hydrogen (secondary N) is 2.